The molecular formula is C15H24N4. The van der Waals surface area contributed by atoms with Gasteiger partial charge in [0, 0.05) is 36.7 Å². The van der Waals surface area contributed by atoms with Gasteiger partial charge < -0.3 is 10.2 Å². The van der Waals surface area contributed by atoms with Gasteiger partial charge in [-0.1, -0.05) is 0 Å². The highest BCUT2D eigenvalue weighted by molar-refractivity contribution is 5.01. The molecule has 0 aliphatic carbocycles. The highest BCUT2D eigenvalue weighted by Gasteiger charge is 2.38. The third-order valence-corrected chi connectivity index (χ3v) is 4.94. The average Bonchev–Trinajstić information content (AvgIpc) is 2.68. The summed E-state index contributed by atoms with van der Waals surface area (Å²) in [6.07, 6.45) is 10.9. The normalized spacial score (nSPS) is 32.4. The van der Waals surface area contributed by atoms with E-state index in [9.17, 15) is 0 Å². The topological polar surface area (TPSA) is 41.0 Å². The first-order valence-corrected chi connectivity index (χ1v) is 7.45. The van der Waals surface area contributed by atoms with Gasteiger partial charge in [0.25, 0.3) is 0 Å². The zero-order valence-electron chi connectivity index (χ0n) is 11.9. The molecule has 0 spiro atoms. The third kappa shape index (κ3) is 2.79. The molecule has 2 aliphatic rings. The maximum Gasteiger partial charge on any atom is 0.0753 e. The van der Waals surface area contributed by atoms with E-state index in [0.29, 0.717) is 6.04 Å². The van der Waals surface area contributed by atoms with Gasteiger partial charge in [0.05, 0.1) is 5.69 Å². The first-order valence-electron chi connectivity index (χ1n) is 7.45. The Hall–Kier alpha value is -1.00. The Balaban J connectivity index is 1.51. The van der Waals surface area contributed by atoms with E-state index in [2.05, 4.69) is 34.2 Å². The second kappa shape index (κ2) is 5.55. The lowest BCUT2D eigenvalue weighted by Gasteiger charge is -2.36. The number of fused-ring (bicyclic) bond motifs is 2. The fourth-order valence-electron chi connectivity index (χ4n) is 3.67. The van der Waals surface area contributed by atoms with Gasteiger partial charge in [0.15, 0.2) is 0 Å². The van der Waals surface area contributed by atoms with Gasteiger partial charge in [-0.05, 0) is 52.1 Å². The number of rotatable bonds is 4. The summed E-state index contributed by atoms with van der Waals surface area (Å²) in [6, 6.07) is 1.96. The van der Waals surface area contributed by atoms with Gasteiger partial charge in [-0.3, -0.25) is 9.97 Å². The number of hydrogen-bond acceptors (Lipinski definition) is 4. The quantitative estimate of drug-likeness (QED) is 0.899. The molecule has 1 aromatic rings. The van der Waals surface area contributed by atoms with E-state index in [1.54, 1.807) is 12.4 Å². The molecule has 0 aromatic carbocycles. The molecular weight excluding hydrogens is 236 g/mol. The van der Waals surface area contributed by atoms with Gasteiger partial charge in [-0.25, -0.2) is 0 Å². The fourth-order valence-corrected chi connectivity index (χ4v) is 3.67. The molecule has 2 fully saturated rings. The first-order chi connectivity index (χ1) is 9.24. The third-order valence-electron chi connectivity index (χ3n) is 4.94. The smallest absolute Gasteiger partial charge is 0.0753 e. The van der Waals surface area contributed by atoms with Crippen LogP contribution in [0.4, 0.5) is 0 Å². The molecule has 4 heteroatoms. The standard InChI is InChI=1S/C15H24N4/c1-11(15-10-16-5-6-17-15)18-9-12-7-13-3-4-14(8-12)19(13)2/h5-6,10-14,18H,3-4,7-9H2,1-2H3. The van der Waals surface area contributed by atoms with Crippen LogP contribution in [0.5, 0.6) is 0 Å². The van der Waals surface area contributed by atoms with Crippen molar-refractivity contribution in [3.63, 3.8) is 0 Å². The van der Waals surface area contributed by atoms with Gasteiger partial charge in [0.2, 0.25) is 0 Å². The van der Waals surface area contributed by atoms with Crippen LogP contribution in [-0.4, -0.2) is 40.5 Å². The first kappa shape index (κ1) is 13.0. The van der Waals surface area contributed by atoms with E-state index in [0.717, 1.165) is 30.2 Å². The van der Waals surface area contributed by atoms with Crippen molar-refractivity contribution < 1.29 is 0 Å². The van der Waals surface area contributed by atoms with Crippen LogP contribution < -0.4 is 5.32 Å². The molecule has 104 valence electrons. The Morgan fingerprint density at radius 3 is 2.68 bits per heavy atom. The number of hydrogen-bond donors (Lipinski definition) is 1. The molecule has 3 unspecified atom stereocenters. The number of aromatic nitrogens is 2. The molecule has 19 heavy (non-hydrogen) atoms. The Morgan fingerprint density at radius 2 is 2.05 bits per heavy atom. The van der Waals surface area contributed by atoms with Crippen molar-refractivity contribution in [2.24, 2.45) is 5.92 Å². The summed E-state index contributed by atoms with van der Waals surface area (Å²) in [6.45, 7) is 3.28. The van der Waals surface area contributed by atoms with Crippen LogP contribution in [0.1, 0.15) is 44.3 Å². The molecule has 3 rings (SSSR count). The fraction of sp³-hybridized carbons (Fsp3) is 0.733. The zero-order chi connectivity index (χ0) is 13.2. The lowest BCUT2D eigenvalue weighted by molar-refractivity contribution is 0.131. The minimum atomic E-state index is 0.297. The molecule has 2 saturated heterocycles. The van der Waals surface area contributed by atoms with Gasteiger partial charge in [-0.15, -0.1) is 0 Å². The number of piperidine rings is 1. The Labute approximate surface area is 115 Å². The SMILES string of the molecule is CC(NCC1CC2CCC(C1)N2C)c1cnccn1. The molecule has 3 atom stereocenters. The van der Waals surface area contributed by atoms with Crippen LogP contribution in [-0.2, 0) is 0 Å². The van der Waals surface area contributed by atoms with Crippen LogP contribution in [0.15, 0.2) is 18.6 Å². The Kier molecular flexibility index (Phi) is 3.80. The summed E-state index contributed by atoms with van der Waals surface area (Å²) < 4.78 is 0. The van der Waals surface area contributed by atoms with Crippen molar-refractivity contribution in [3.05, 3.63) is 24.3 Å². The molecule has 4 nitrogen and oxygen atoms in total. The second-order valence-corrected chi connectivity index (χ2v) is 6.15. The molecule has 0 amide bonds. The van der Waals surface area contributed by atoms with Crippen molar-refractivity contribution >= 4 is 0 Å². The van der Waals surface area contributed by atoms with E-state index >= 15 is 0 Å². The Bertz CT molecular complexity index is 394. The lowest BCUT2D eigenvalue weighted by atomic mass is 9.91. The van der Waals surface area contributed by atoms with Crippen LogP contribution in [0.25, 0.3) is 0 Å². The molecule has 1 N–H and O–H groups in total. The summed E-state index contributed by atoms with van der Waals surface area (Å²) in [5, 5.41) is 3.63. The highest BCUT2D eigenvalue weighted by Crippen LogP contribution is 2.37. The van der Waals surface area contributed by atoms with E-state index in [-0.39, 0.29) is 0 Å². The number of nitrogens with zero attached hydrogens (tertiary/aromatic N) is 3. The van der Waals surface area contributed by atoms with Crippen molar-refractivity contribution in [2.75, 3.05) is 13.6 Å². The van der Waals surface area contributed by atoms with Crippen molar-refractivity contribution in [3.8, 4) is 0 Å². The van der Waals surface area contributed by atoms with Gasteiger partial charge >= 0.3 is 0 Å². The number of nitrogens with one attached hydrogen (secondary N) is 1. The van der Waals surface area contributed by atoms with Crippen LogP contribution >= 0.6 is 0 Å². The highest BCUT2D eigenvalue weighted by atomic mass is 15.2. The maximum absolute atomic E-state index is 4.36. The average molecular weight is 260 g/mol. The monoisotopic (exact) mass is 260 g/mol. The summed E-state index contributed by atoms with van der Waals surface area (Å²) in [7, 11) is 2.30. The summed E-state index contributed by atoms with van der Waals surface area (Å²) in [5.41, 5.74) is 1.04. The molecule has 2 bridgehead atoms. The summed E-state index contributed by atoms with van der Waals surface area (Å²) in [4.78, 5) is 11.1. The zero-order valence-corrected chi connectivity index (χ0v) is 11.9. The molecule has 1 aromatic heterocycles. The molecule has 0 saturated carbocycles. The molecule has 2 aliphatic heterocycles. The maximum atomic E-state index is 4.36. The van der Waals surface area contributed by atoms with Gasteiger partial charge in [0.1, 0.15) is 0 Å². The minimum absolute atomic E-state index is 0.297. The van der Waals surface area contributed by atoms with E-state index in [1.807, 2.05) is 6.20 Å². The molecule has 0 radical (unpaired) electrons. The van der Waals surface area contributed by atoms with E-state index in [1.165, 1.54) is 25.7 Å². The van der Waals surface area contributed by atoms with Crippen LogP contribution in [0, 0.1) is 5.92 Å². The van der Waals surface area contributed by atoms with E-state index < -0.39 is 0 Å². The summed E-state index contributed by atoms with van der Waals surface area (Å²) in [5.74, 6) is 0.827. The Morgan fingerprint density at radius 1 is 1.32 bits per heavy atom. The predicted molar refractivity (Wildman–Crippen MR) is 75.7 cm³/mol. The van der Waals surface area contributed by atoms with Gasteiger partial charge in [-0.2, -0.15) is 0 Å². The van der Waals surface area contributed by atoms with Crippen LogP contribution in [0.3, 0.4) is 0 Å². The second-order valence-electron chi connectivity index (χ2n) is 6.15. The summed E-state index contributed by atoms with van der Waals surface area (Å²) >= 11 is 0. The van der Waals surface area contributed by atoms with Crippen molar-refractivity contribution in [1.82, 2.24) is 20.2 Å². The minimum Gasteiger partial charge on any atom is -0.309 e. The van der Waals surface area contributed by atoms with Crippen molar-refractivity contribution in [2.45, 2.75) is 50.7 Å². The van der Waals surface area contributed by atoms with Crippen molar-refractivity contribution in [1.29, 1.82) is 0 Å². The largest absolute Gasteiger partial charge is 0.309 e. The molecule has 3 heterocycles. The predicted octanol–water partition coefficient (Wildman–Crippen LogP) is 2.00. The van der Waals surface area contributed by atoms with Crippen LogP contribution in [0.2, 0.25) is 0 Å². The lowest BCUT2D eigenvalue weighted by Crippen LogP contribution is -2.42. The van der Waals surface area contributed by atoms with E-state index in [4.69, 9.17) is 0 Å².